The molecule has 0 bridgehead atoms. The molecule has 0 saturated carbocycles. The van der Waals surface area contributed by atoms with Crippen LogP contribution in [0, 0.1) is 0 Å². The Morgan fingerprint density at radius 3 is 2.54 bits per heavy atom. The third-order valence-electron chi connectivity index (χ3n) is 3.26. The first-order valence-corrected chi connectivity index (χ1v) is 9.39. The fourth-order valence-corrected chi connectivity index (χ4v) is 4.05. The van der Waals surface area contributed by atoms with Crippen LogP contribution in [0.4, 0.5) is 13.2 Å². The number of hydrogen-bond acceptors (Lipinski definition) is 5. The smallest absolute Gasteiger partial charge is 0.350 e. The first kappa shape index (κ1) is 20.1. The van der Waals surface area contributed by atoms with Crippen LogP contribution >= 0.6 is 11.3 Å². The van der Waals surface area contributed by atoms with Gasteiger partial charge < -0.3 is 9.88 Å². The minimum absolute atomic E-state index is 0.0174. The number of carbonyl (C=O) groups is 1. The third kappa shape index (κ3) is 4.93. The van der Waals surface area contributed by atoms with Crippen LogP contribution in [0.3, 0.4) is 0 Å². The molecule has 2 aromatic rings. The normalized spacial score (nSPS) is 12.2. The Morgan fingerprint density at radius 2 is 1.92 bits per heavy atom. The molecule has 0 atom stereocenters. The average Bonchev–Trinajstić information content (AvgIpc) is 3.04. The lowest BCUT2D eigenvalue weighted by Crippen LogP contribution is -2.32. The molecule has 1 amide bonds. The summed E-state index contributed by atoms with van der Waals surface area (Å²) >= 11 is 0.939. The second kappa shape index (κ2) is 7.60. The van der Waals surface area contributed by atoms with Crippen molar-refractivity contribution in [1.82, 2.24) is 14.6 Å². The number of alkyl halides is 3. The number of nitrogens with zero attached hydrogens (tertiary/aromatic N) is 1. The van der Waals surface area contributed by atoms with E-state index < -0.39 is 39.8 Å². The minimum atomic E-state index is -4.63. The van der Waals surface area contributed by atoms with Crippen molar-refractivity contribution >= 4 is 27.3 Å². The summed E-state index contributed by atoms with van der Waals surface area (Å²) in [5.41, 5.74) is -1.78. The van der Waals surface area contributed by atoms with E-state index in [-0.39, 0.29) is 10.8 Å². The van der Waals surface area contributed by atoms with Crippen molar-refractivity contribution in [3.05, 3.63) is 51.3 Å². The SMILES string of the molecule is CNS(=O)(=O)c1ccc(CNC(=O)Cn2cc(C(F)(F)F)ccc2=O)s1. The number of halogens is 3. The largest absolute Gasteiger partial charge is 0.417 e. The molecule has 2 heterocycles. The molecule has 0 aromatic carbocycles. The van der Waals surface area contributed by atoms with Crippen LogP contribution in [0.2, 0.25) is 0 Å². The molecule has 7 nitrogen and oxygen atoms in total. The van der Waals surface area contributed by atoms with Gasteiger partial charge in [-0.15, -0.1) is 11.3 Å². The summed E-state index contributed by atoms with van der Waals surface area (Å²) in [5, 5.41) is 2.43. The number of carbonyl (C=O) groups excluding carboxylic acids is 1. The zero-order chi connectivity index (χ0) is 19.5. The summed E-state index contributed by atoms with van der Waals surface area (Å²) in [5.74, 6) is -0.683. The number of nitrogens with one attached hydrogen (secondary N) is 2. The van der Waals surface area contributed by atoms with Crippen LogP contribution in [0.5, 0.6) is 0 Å². The van der Waals surface area contributed by atoms with E-state index in [0.717, 1.165) is 17.4 Å². The molecule has 142 valence electrons. The Labute approximate surface area is 150 Å². The number of pyridine rings is 1. The van der Waals surface area contributed by atoms with E-state index in [1.165, 1.54) is 19.2 Å². The first-order chi connectivity index (χ1) is 12.0. The van der Waals surface area contributed by atoms with E-state index in [1.807, 2.05) is 0 Å². The van der Waals surface area contributed by atoms with Crippen molar-refractivity contribution in [2.75, 3.05) is 7.05 Å². The number of amides is 1. The van der Waals surface area contributed by atoms with Crippen molar-refractivity contribution in [3.63, 3.8) is 0 Å². The number of aromatic nitrogens is 1. The summed E-state index contributed by atoms with van der Waals surface area (Å²) in [6, 6.07) is 4.26. The van der Waals surface area contributed by atoms with Crippen molar-refractivity contribution in [2.24, 2.45) is 0 Å². The average molecular weight is 409 g/mol. The van der Waals surface area contributed by atoms with Crippen LogP contribution in [-0.2, 0) is 34.1 Å². The Hall–Kier alpha value is -2.18. The van der Waals surface area contributed by atoms with Gasteiger partial charge in [-0.2, -0.15) is 13.2 Å². The summed E-state index contributed by atoms with van der Waals surface area (Å²) in [7, 11) is -2.32. The summed E-state index contributed by atoms with van der Waals surface area (Å²) < 4.78 is 64.1. The molecular formula is C14H14F3N3O4S2. The van der Waals surface area contributed by atoms with E-state index in [1.54, 1.807) is 0 Å². The maximum Gasteiger partial charge on any atom is 0.417 e. The maximum absolute atomic E-state index is 12.7. The summed E-state index contributed by atoms with van der Waals surface area (Å²) in [6.07, 6.45) is -4.05. The fourth-order valence-electron chi connectivity index (χ4n) is 1.92. The van der Waals surface area contributed by atoms with Gasteiger partial charge in [0, 0.05) is 17.1 Å². The van der Waals surface area contributed by atoms with Gasteiger partial charge in [0.2, 0.25) is 15.9 Å². The molecule has 0 spiro atoms. The second-order valence-corrected chi connectivity index (χ2v) is 8.37. The van der Waals surface area contributed by atoms with Gasteiger partial charge in [0.05, 0.1) is 12.1 Å². The standard InChI is InChI=1S/C14H14F3N3O4S2/c1-18-26(23,24)13-5-3-10(25-13)6-19-11(21)8-20-7-9(14(15,16)17)2-4-12(20)22/h2-5,7,18H,6,8H2,1H3,(H,19,21). The summed E-state index contributed by atoms with van der Waals surface area (Å²) in [4.78, 5) is 24.0. The molecule has 2 rings (SSSR count). The van der Waals surface area contributed by atoms with Gasteiger partial charge in [-0.05, 0) is 25.2 Å². The number of rotatable bonds is 6. The molecule has 0 radical (unpaired) electrons. The van der Waals surface area contributed by atoms with Crippen molar-refractivity contribution in [3.8, 4) is 0 Å². The second-order valence-electron chi connectivity index (χ2n) is 5.09. The molecule has 0 aliphatic rings. The summed E-state index contributed by atoms with van der Waals surface area (Å²) in [6.45, 7) is -0.605. The lowest BCUT2D eigenvalue weighted by atomic mass is 10.3. The van der Waals surface area contributed by atoms with Gasteiger partial charge in [-0.3, -0.25) is 9.59 Å². The van der Waals surface area contributed by atoms with Gasteiger partial charge in [-0.25, -0.2) is 13.1 Å². The Morgan fingerprint density at radius 1 is 1.23 bits per heavy atom. The lowest BCUT2D eigenvalue weighted by molar-refractivity contribution is -0.138. The Bertz CT molecular complexity index is 964. The fraction of sp³-hybridized carbons (Fsp3) is 0.286. The molecule has 12 heteroatoms. The van der Waals surface area contributed by atoms with E-state index in [2.05, 4.69) is 10.0 Å². The molecule has 2 N–H and O–H groups in total. The topological polar surface area (TPSA) is 97.3 Å². The molecule has 0 aliphatic carbocycles. The molecule has 0 saturated heterocycles. The predicted octanol–water partition coefficient (Wildman–Crippen LogP) is 1.15. The van der Waals surface area contributed by atoms with Crippen LogP contribution in [0.15, 0.2) is 39.5 Å². The first-order valence-electron chi connectivity index (χ1n) is 7.09. The lowest BCUT2D eigenvalue weighted by Gasteiger charge is -2.10. The van der Waals surface area contributed by atoms with Gasteiger partial charge in [0.1, 0.15) is 10.8 Å². The third-order valence-corrected chi connectivity index (χ3v) is 6.25. The zero-order valence-corrected chi connectivity index (χ0v) is 15.0. The maximum atomic E-state index is 12.7. The van der Waals surface area contributed by atoms with E-state index in [9.17, 15) is 31.2 Å². The van der Waals surface area contributed by atoms with Crippen molar-refractivity contribution in [1.29, 1.82) is 0 Å². The van der Waals surface area contributed by atoms with Gasteiger partial charge in [-0.1, -0.05) is 0 Å². The molecule has 26 heavy (non-hydrogen) atoms. The Kier molecular flexibility index (Phi) is 5.88. The van der Waals surface area contributed by atoms with Gasteiger partial charge in [0.25, 0.3) is 5.56 Å². The molecule has 0 fully saturated rings. The predicted molar refractivity (Wildman–Crippen MR) is 88.1 cm³/mol. The monoisotopic (exact) mass is 409 g/mol. The van der Waals surface area contributed by atoms with Gasteiger partial charge >= 0.3 is 6.18 Å². The highest BCUT2D eigenvalue weighted by molar-refractivity contribution is 7.91. The van der Waals surface area contributed by atoms with Crippen LogP contribution < -0.4 is 15.6 Å². The highest BCUT2D eigenvalue weighted by Gasteiger charge is 2.31. The Balaban J connectivity index is 2.03. The molecule has 0 aliphatic heterocycles. The van der Waals surface area contributed by atoms with Crippen LogP contribution in [-0.4, -0.2) is 25.9 Å². The van der Waals surface area contributed by atoms with Crippen molar-refractivity contribution < 1.29 is 26.4 Å². The highest BCUT2D eigenvalue weighted by atomic mass is 32.2. The van der Waals surface area contributed by atoms with Gasteiger partial charge in [0.15, 0.2) is 0 Å². The minimum Gasteiger partial charge on any atom is -0.350 e. The highest BCUT2D eigenvalue weighted by Crippen LogP contribution is 2.28. The van der Waals surface area contributed by atoms with E-state index >= 15 is 0 Å². The zero-order valence-electron chi connectivity index (χ0n) is 13.3. The molecular weight excluding hydrogens is 395 g/mol. The number of thiophene rings is 1. The van der Waals surface area contributed by atoms with Crippen LogP contribution in [0.1, 0.15) is 10.4 Å². The number of sulfonamides is 1. The van der Waals surface area contributed by atoms with Crippen LogP contribution in [0.25, 0.3) is 0 Å². The van der Waals surface area contributed by atoms with E-state index in [4.69, 9.17) is 0 Å². The molecule has 0 unspecified atom stereocenters. The van der Waals surface area contributed by atoms with Crippen molar-refractivity contribution in [2.45, 2.75) is 23.5 Å². The molecule has 2 aromatic heterocycles. The quantitative estimate of drug-likeness (QED) is 0.748. The number of hydrogen-bond donors (Lipinski definition) is 2. The van der Waals surface area contributed by atoms with E-state index in [0.29, 0.717) is 21.7 Å².